The Kier molecular flexibility index (Phi) is 6.24. The first-order valence-electron chi connectivity index (χ1n) is 13.0. The van der Waals surface area contributed by atoms with Crippen molar-refractivity contribution in [1.82, 2.24) is 0 Å². The number of nitrogens with two attached hydrogens (primary N) is 1. The maximum Gasteiger partial charge on any atom is 0.255 e. The molecule has 0 bridgehead atoms. The van der Waals surface area contributed by atoms with Crippen LogP contribution >= 0.6 is 0 Å². The van der Waals surface area contributed by atoms with Crippen LogP contribution in [0.25, 0.3) is 16.9 Å². The molecule has 1 saturated carbocycles. The van der Waals surface area contributed by atoms with E-state index in [0.717, 1.165) is 24.0 Å². The van der Waals surface area contributed by atoms with E-state index in [1.165, 1.54) is 0 Å². The molecule has 1 amide bonds. The van der Waals surface area contributed by atoms with Crippen molar-refractivity contribution in [2.75, 3.05) is 0 Å². The zero-order valence-corrected chi connectivity index (χ0v) is 21.8. The van der Waals surface area contributed by atoms with Crippen molar-refractivity contribution in [3.05, 3.63) is 58.3 Å². The number of phenolic OH excluding ortho intramolecular Hbond substituents is 1. The second-order valence-corrected chi connectivity index (χ2v) is 12.0. The predicted octanol–water partition coefficient (Wildman–Crippen LogP) is 4.94. The standard InChI is InChI=1S/C30H33NO7/c1-30(2,3)7-4-5-14-10-18(15-6-8-38-13-15)19-11-16-9-17-12-20(32)24(29(31)37)28(36)22(17)26(34)21(16)27(35)23(19)25(14)33/h6,8,10,13,16-17,22,33,35-36H,4-5,7,9,11-12H2,1-3H3,(H2,31,37). The number of phenols is 1. The van der Waals surface area contributed by atoms with Gasteiger partial charge in [-0.3, -0.25) is 14.4 Å². The number of carbonyl (C=O) groups excluding carboxylic acids is 3. The first-order chi connectivity index (χ1) is 17.9. The summed E-state index contributed by atoms with van der Waals surface area (Å²) in [6.07, 6.45) is 6.16. The van der Waals surface area contributed by atoms with Gasteiger partial charge in [0.25, 0.3) is 5.91 Å². The third-order valence-corrected chi connectivity index (χ3v) is 8.17. The van der Waals surface area contributed by atoms with Crippen LogP contribution in [0.2, 0.25) is 0 Å². The van der Waals surface area contributed by atoms with Gasteiger partial charge in [0.2, 0.25) is 0 Å². The summed E-state index contributed by atoms with van der Waals surface area (Å²) in [5.74, 6) is -5.24. The number of rotatable bonds is 5. The second kappa shape index (κ2) is 9.19. The highest BCUT2D eigenvalue weighted by molar-refractivity contribution is 6.21. The zero-order valence-electron chi connectivity index (χ0n) is 21.8. The molecule has 0 radical (unpaired) electrons. The SMILES string of the molecule is CC(C)(C)CCCc1cc(-c2ccoc2)c2c(c1O)C(O)=C1C(=O)C3C(O)=C(C(N)=O)C(=O)CC3CC1C2. The van der Waals surface area contributed by atoms with Gasteiger partial charge in [0.05, 0.1) is 24.0 Å². The lowest BCUT2D eigenvalue weighted by atomic mass is 9.61. The van der Waals surface area contributed by atoms with Gasteiger partial charge in [-0.25, -0.2) is 0 Å². The van der Waals surface area contributed by atoms with Crippen molar-refractivity contribution in [3.8, 4) is 16.9 Å². The maximum absolute atomic E-state index is 13.7. The van der Waals surface area contributed by atoms with Crippen LogP contribution < -0.4 is 5.73 Å². The largest absolute Gasteiger partial charge is 0.511 e. The summed E-state index contributed by atoms with van der Waals surface area (Å²) in [6.45, 7) is 6.46. The minimum atomic E-state index is -1.13. The molecular formula is C30H33NO7. The van der Waals surface area contributed by atoms with E-state index in [-0.39, 0.29) is 34.5 Å². The van der Waals surface area contributed by atoms with Crippen LogP contribution in [0.15, 0.2) is 46.0 Å². The number of ketones is 2. The maximum atomic E-state index is 13.7. The van der Waals surface area contributed by atoms with E-state index >= 15 is 0 Å². The normalized spacial score (nSPS) is 23.3. The van der Waals surface area contributed by atoms with E-state index in [0.29, 0.717) is 30.4 Å². The Labute approximate surface area is 220 Å². The van der Waals surface area contributed by atoms with Crippen molar-refractivity contribution < 1.29 is 34.1 Å². The van der Waals surface area contributed by atoms with Crippen LogP contribution in [0, 0.1) is 23.2 Å². The van der Waals surface area contributed by atoms with Crippen LogP contribution in [0.4, 0.5) is 0 Å². The van der Waals surface area contributed by atoms with Gasteiger partial charge in [-0.15, -0.1) is 0 Å². The van der Waals surface area contributed by atoms with Gasteiger partial charge in [-0.1, -0.05) is 20.8 Å². The first kappa shape index (κ1) is 25.8. The van der Waals surface area contributed by atoms with E-state index in [4.69, 9.17) is 10.2 Å². The molecule has 38 heavy (non-hydrogen) atoms. The van der Waals surface area contributed by atoms with Crippen molar-refractivity contribution in [2.45, 2.75) is 59.3 Å². The highest BCUT2D eigenvalue weighted by Gasteiger charge is 2.51. The van der Waals surface area contributed by atoms with E-state index in [9.17, 15) is 29.7 Å². The summed E-state index contributed by atoms with van der Waals surface area (Å²) in [4.78, 5) is 38.1. The number of aromatic hydroxyl groups is 1. The number of furan rings is 1. The average molecular weight is 520 g/mol. The van der Waals surface area contributed by atoms with E-state index < -0.39 is 46.6 Å². The number of fused-ring (bicyclic) bond motifs is 3. The Morgan fingerprint density at radius 1 is 1.16 bits per heavy atom. The Bertz CT molecular complexity index is 1400. The Balaban J connectivity index is 1.64. The van der Waals surface area contributed by atoms with Crippen molar-refractivity contribution in [3.63, 3.8) is 0 Å². The van der Waals surface area contributed by atoms with Gasteiger partial charge in [-0.2, -0.15) is 0 Å². The fraction of sp³-hybridized carbons (Fsp3) is 0.433. The number of Topliss-reactive ketones (excluding diaryl/α,β-unsaturated/α-hetero) is 2. The topological polar surface area (TPSA) is 151 Å². The van der Waals surface area contributed by atoms with Gasteiger partial charge >= 0.3 is 0 Å². The Hall–Kier alpha value is -3.81. The molecule has 1 aromatic carbocycles. The summed E-state index contributed by atoms with van der Waals surface area (Å²) in [5, 5.41) is 33.7. The molecule has 200 valence electrons. The van der Waals surface area contributed by atoms with E-state index in [1.807, 2.05) is 12.1 Å². The quantitative estimate of drug-likeness (QED) is 0.409. The van der Waals surface area contributed by atoms with Gasteiger partial charge in [0.15, 0.2) is 11.6 Å². The van der Waals surface area contributed by atoms with Crippen LogP contribution in [0.1, 0.15) is 63.1 Å². The van der Waals surface area contributed by atoms with Crippen molar-refractivity contribution in [2.24, 2.45) is 28.9 Å². The van der Waals surface area contributed by atoms with E-state index in [1.54, 1.807) is 12.5 Å². The molecule has 5 rings (SSSR count). The Morgan fingerprint density at radius 2 is 1.89 bits per heavy atom. The van der Waals surface area contributed by atoms with Crippen molar-refractivity contribution in [1.29, 1.82) is 0 Å². The minimum Gasteiger partial charge on any atom is -0.511 e. The molecule has 0 spiro atoms. The summed E-state index contributed by atoms with van der Waals surface area (Å²) in [5.41, 5.74) is 8.22. The lowest BCUT2D eigenvalue weighted by Gasteiger charge is -2.41. The van der Waals surface area contributed by atoms with E-state index in [2.05, 4.69) is 20.8 Å². The van der Waals surface area contributed by atoms with Crippen LogP contribution in [0.3, 0.4) is 0 Å². The molecule has 1 aromatic heterocycles. The van der Waals surface area contributed by atoms with Crippen LogP contribution in [-0.2, 0) is 27.2 Å². The van der Waals surface area contributed by atoms with Gasteiger partial charge in [0, 0.05) is 17.6 Å². The molecule has 3 aliphatic carbocycles. The number of aliphatic hydroxyl groups excluding tert-OH is 2. The predicted molar refractivity (Wildman–Crippen MR) is 140 cm³/mol. The number of benzene rings is 1. The minimum absolute atomic E-state index is 0.0593. The number of primary amides is 1. The molecule has 1 fully saturated rings. The number of allylic oxidation sites excluding steroid dienone is 2. The molecule has 8 heteroatoms. The molecular weight excluding hydrogens is 486 g/mol. The van der Waals surface area contributed by atoms with Crippen molar-refractivity contribution >= 4 is 23.2 Å². The molecule has 0 aliphatic heterocycles. The molecule has 3 atom stereocenters. The smallest absolute Gasteiger partial charge is 0.255 e. The van der Waals surface area contributed by atoms with Crippen LogP contribution in [0.5, 0.6) is 5.75 Å². The monoisotopic (exact) mass is 519 g/mol. The lowest BCUT2D eigenvalue weighted by Crippen LogP contribution is -2.44. The lowest BCUT2D eigenvalue weighted by molar-refractivity contribution is -0.127. The number of aryl methyl sites for hydroxylation is 1. The third-order valence-electron chi connectivity index (χ3n) is 8.17. The Morgan fingerprint density at radius 3 is 2.53 bits per heavy atom. The molecule has 5 N–H and O–H groups in total. The molecule has 0 saturated heterocycles. The fourth-order valence-corrected chi connectivity index (χ4v) is 6.44. The number of hydrogen-bond acceptors (Lipinski definition) is 7. The fourth-order valence-electron chi connectivity index (χ4n) is 6.44. The molecule has 2 aromatic rings. The number of amides is 1. The summed E-state index contributed by atoms with van der Waals surface area (Å²) < 4.78 is 5.33. The summed E-state index contributed by atoms with van der Waals surface area (Å²) in [7, 11) is 0. The highest BCUT2D eigenvalue weighted by atomic mass is 16.3. The van der Waals surface area contributed by atoms with Gasteiger partial charge in [0.1, 0.15) is 22.8 Å². The highest BCUT2D eigenvalue weighted by Crippen LogP contribution is 2.52. The average Bonchev–Trinajstić information content (AvgIpc) is 3.33. The number of aliphatic hydroxyl groups is 2. The second-order valence-electron chi connectivity index (χ2n) is 12.0. The molecule has 3 unspecified atom stereocenters. The number of carbonyl (C=O) groups is 3. The summed E-state index contributed by atoms with van der Waals surface area (Å²) in [6, 6.07) is 3.75. The number of hydrogen-bond donors (Lipinski definition) is 4. The van der Waals surface area contributed by atoms with Gasteiger partial charge < -0.3 is 25.5 Å². The van der Waals surface area contributed by atoms with Gasteiger partial charge in [-0.05, 0) is 78.2 Å². The summed E-state index contributed by atoms with van der Waals surface area (Å²) >= 11 is 0. The molecule has 1 heterocycles. The molecule has 8 nitrogen and oxygen atoms in total. The molecule has 3 aliphatic rings. The zero-order chi connectivity index (χ0) is 27.5. The first-order valence-corrected chi connectivity index (χ1v) is 13.0. The van der Waals surface area contributed by atoms with Crippen LogP contribution in [-0.4, -0.2) is 32.8 Å². The third kappa shape index (κ3) is 4.22.